The summed E-state index contributed by atoms with van der Waals surface area (Å²) in [6, 6.07) is 8.02. The van der Waals surface area contributed by atoms with Crippen molar-refractivity contribution in [2.75, 3.05) is 11.9 Å². The maximum absolute atomic E-state index is 12.5. The van der Waals surface area contributed by atoms with Gasteiger partial charge in [-0.1, -0.05) is 6.07 Å². The minimum absolute atomic E-state index is 0.0558. The first-order chi connectivity index (χ1) is 12.0. The van der Waals surface area contributed by atoms with Gasteiger partial charge >= 0.3 is 0 Å². The molecule has 3 rings (SSSR count). The summed E-state index contributed by atoms with van der Waals surface area (Å²) in [5, 5.41) is 13.7. The molecule has 0 radical (unpaired) electrons. The molecule has 1 atom stereocenters. The molecule has 0 bridgehead atoms. The zero-order valence-electron chi connectivity index (χ0n) is 13.6. The number of nitrogens with zero attached hydrogens (tertiary/aromatic N) is 2. The molecule has 8 nitrogen and oxygen atoms in total. The van der Waals surface area contributed by atoms with Crippen LogP contribution in [0.2, 0.25) is 0 Å². The molecule has 0 saturated carbocycles. The van der Waals surface area contributed by atoms with E-state index in [4.69, 9.17) is 4.42 Å². The first-order valence-corrected chi connectivity index (χ1v) is 7.80. The first-order valence-electron chi connectivity index (χ1n) is 7.80. The van der Waals surface area contributed by atoms with Crippen molar-refractivity contribution in [3.05, 3.63) is 58.0 Å². The van der Waals surface area contributed by atoms with Crippen molar-refractivity contribution in [1.29, 1.82) is 0 Å². The number of anilines is 1. The Morgan fingerprint density at radius 3 is 2.88 bits per heavy atom. The highest BCUT2D eigenvalue weighted by molar-refractivity contribution is 5.98. The van der Waals surface area contributed by atoms with Crippen LogP contribution in [0.15, 0.2) is 41.0 Å². The molecule has 2 aromatic rings. The van der Waals surface area contributed by atoms with Crippen LogP contribution in [0.1, 0.15) is 17.7 Å². The number of nitro groups is 1. The van der Waals surface area contributed by atoms with Crippen molar-refractivity contribution < 1.29 is 18.9 Å². The summed E-state index contributed by atoms with van der Waals surface area (Å²) in [5.41, 5.74) is 0.716. The van der Waals surface area contributed by atoms with Gasteiger partial charge in [-0.15, -0.1) is 0 Å². The van der Waals surface area contributed by atoms with Crippen LogP contribution >= 0.6 is 0 Å². The SMILES string of the molecule is Cc1c(NC(=O)C2CC(=O)N(Cc3ccco3)C2)cccc1[N+](=O)[O-]. The lowest BCUT2D eigenvalue weighted by molar-refractivity contribution is -0.385. The van der Waals surface area contributed by atoms with E-state index in [-0.39, 0.29) is 23.9 Å². The van der Waals surface area contributed by atoms with Gasteiger partial charge < -0.3 is 14.6 Å². The van der Waals surface area contributed by atoms with Crippen molar-refractivity contribution in [3.63, 3.8) is 0 Å². The molecule has 1 saturated heterocycles. The fourth-order valence-electron chi connectivity index (χ4n) is 2.88. The van der Waals surface area contributed by atoms with Crippen molar-refractivity contribution in [1.82, 2.24) is 4.90 Å². The van der Waals surface area contributed by atoms with Crippen LogP contribution < -0.4 is 5.32 Å². The fourth-order valence-corrected chi connectivity index (χ4v) is 2.88. The maximum atomic E-state index is 12.5. The largest absolute Gasteiger partial charge is 0.467 e. The molecule has 1 unspecified atom stereocenters. The average Bonchev–Trinajstić information content (AvgIpc) is 3.20. The summed E-state index contributed by atoms with van der Waals surface area (Å²) in [6.45, 7) is 2.20. The third-order valence-electron chi connectivity index (χ3n) is 4.27. The molecule has 130 valence electrons. The highest BCUT2D eigenvalue weighted by Gasteiger charge is 2.35. The quantitative estimate of drug-likeness (QED) is 0.663. The van der Waals surface area contributed by atoms with Crippen LogP contribution in [0.5, 0.6) is 0 Å². The summed E-state index contributed by atoms with van der Waals surface area (Å²) in [6.07, 6.45) is 1.64. The Labute approximate surface area is 143 Å². The van der Waals surface area contributed by atoms with Gasteiger partial charge in [-0.05, 0) is 25.1 Å². The predicted molar refractivity (Wildman–Crippen MR) is 88.7 cm³/mol. The molecule has 0 aliphatic carbocycles. The van der Waals surface area contributed by atoms with E-state index in [9.17, 15) is 19.7 Å². The van der Waals surface area contributed by atoms with Gasteiger partial charge in [0.1, 0.15) is 5.76 Å². The molecule has 0 spiro atoms. The molecule has 1 N–H and O–H groups in total. The van der Waals surface area contributed by atoms with Crippen LogP contribution in [0.4, 0.5) is 11.4 Å². The van der Waals surface area contributed by atoms with Gasteiger partial charge in [0, 0.05) is 19.0 Å². The van der Waals surface area contributed by atoms with E-state index in [1.54, 1.807) is 30.0 Å². The summed E-state index contributed by atoms with van der Waals surface area (Å²) >= 11 is 0. The minimum Gasteiger partial charge on any atom is -0.467 e. The molecule has 1 aliphatic heterocycles. The van der Waals surface area contributed by atoms with E-state index < -0.39 is 10.8 Å². The normalized spacial score (nSPS) is 16.9. The number of nitro benzene ring substituents is 1. The number of nitrogens with one attached hydrogen (secondary N) is 1. The number of rotatable bonds is 5. The van der Waals surface area contributed by atoms with Gasteiger partial charge in [-0.2, -0.15) is 0 Å². The van der Waals surface area contributed by atoms with Gasteiger partial charge in [0.25, 0.3) is 5.69 Å². The molecule has 1 aromatic carbocycles. The van der Waals surface area contributed by atoms with Gasteiger partial charge in [-0.3, -0.25) is 19.7 Å². The molecule has 1 fully saturated rings. The highest BCUT2D eigenvalue weighted by Crippen LogP contribution is 2.27. The Kier molecular flexibility index (Phi) is 4.51. The Bertz CT molecular complexity index is 816. The second kappa shape index (κ2) is 6.76. The maximum Gasteiger partial charge on any atom is 0.274 e. The number of hydrogen-bond acceptors (Lipinski definition) is 5. The zero-order valence-corrected chi connectivity index (χ0v) is 13.6. The van der Waals surface area contributed by atoms with Gasteiger partial charge in [0.15, 0.2) is 0 Å². The lowest BCUT2D eigenvalue weighted by atomic mass is 10.1. The monoisotopic (exact) mass is 343 g/mol. The molecular weight excluding hydrogens is 326 g/mol. The van der Waals surface area contributed by atoms with Crippen molar-refractivity contribution in [3.8, 4) is 0 Å². The van der Waals surface area contributed by atoms with Crippen LogP contribution in [0.25, 0.3) is 0 Å². The van der Waals surface area contributed by atoms with Crippen LogP contribution in [0, 0.1) is 23.0 Å². The molecule has 1 aliphatic rings. The van der Waals surface area contributed by atoms with E-state index in [0.29, 0.717) is 30.1 Å². The second-order valence-electron chi connectivity index (χ2n) is 5.95. The smallest absolute Gasteiger partial charge is 0.274 e. The number of hydrogen-bond donors (Lipinski definition) is 1. The number of amides is 2. The molecule has 2 amide bonds. The van der Waals surface area contributed by atoms with Crippen molar-refractivity contribution in [2.45, 2.75) is 19.9 Å². The lowest BCUT2D eigenvalue weighted by Gasteiger charge is -2.15. The van der Waals surface area contributed by atoms with Crippen molar-refractivity contribution >= 4 is 23.2 Å². The minimum atomic E-state index is -0.499. The number of benzene rings is 1. The van der Waals surface area contributed by atoms with E-state index >= 15 is 0 Å². The molecule has 1 aromatic heterocycles. The Hall–Kier alpha value is -3.16. The van der Waals surface area contributed by atoms with E-state index in [2.05, 4.69) is 5.32 Å². The number of carbonyl (C=O) groups is 2. The topological polar surface area (TPSA) is 106 Å². The van der Waals surface area contributed by atoms with Gasteiger partial charge in [0.2, 0.25) is 11.8 Å². The molecule has 8 heteroatoms. The van der Waals surface area contributed by atoms with E-state index in [1.807, 2.05) is 0 Å². The summed E-state index contributed by atoms with van der Waals surface area (Å²) in [7, 11) is 0. The fraction of sp³-hybridized carbons (Fsp3) is 0.294. The molecule has 25 heavy (non-hydrogen) atoms. The van der Waals surface area contributed by atoms with Crippen LogP contribution in [-0.4, -0.2) is 28.2 Å². The predicted octanol–water partition coefficient (Wildman–Crippen LogP) is 2.48. The first kappa shape index (κ1) is 16.7. The van der Waals surface area contributed by atoms with E-state index in [1.165, 1.54) is 18.4 Å². The third kappa shape index (κ3) is 3.52. The van der Waals surface area contributed by atoms with E-state index in [0.717, 1.165) is 0 Å². The summed E-state index contributed by atoms with van der Waals surface area (Å²) in [4.78, 5) is 36.6. The average molecular weight is 343 g/mol. The molecular formula is C17H17N3O5. The third-order valence-corrected chi connectivity index (χ3v) is 4.27. The summed E-state index contributed by atoms with van der Waals surface area (Å²) in [5.74, 6) is -0.281. The zero-order chi connectivity index (χ0) is 18.0. The van der Waals surface area contributed by atoms with Crippen molar-refractivity contribution in [2.24, 2.45) is 5.92 Å². The summed E-state index contributed by atoms with van der Waals surface area (Å²) < 4.78 is 5.23. The second-order valence-corrected chi connectivity index (χ2v) is 5.95. The number of furan rings is 1. The number of likely N-dealkylation sites (tertiary alicyclic amines) is 1. The highest BCUT2D eigenvalue weighted by atomic mass is 16.6. The lowest BCUT2D eigenvalue weighted by Crippen LogP contribution is -2.28. The van der Waals surface area contributed by atoms with Crippen LogP contribution in [0.3, 0.4) is 0 Å². The van der Waals surface area contributed by atoms with Gasteiger partial charge in [-0.25, -0.2) is 0 Å². The Balaban J connectivity index is 1.67. The number of carbonyl (C=O) groups excluding carboxylic acids is 2. The Morgan fingerprint density at radius 2 is 2.20 bits per heavy atom. The molecule has 2 heterocycles. The van der Waals surface area contributed by atoms with Crippen LogP contribution in [-0.2, 0) is 16.1 Å². The Morgan fingerprint density at radius 1 is 1.40 bits per heavy atom. The standard InChI is InChI=1S/C17H17N3O5/c1-11-14(5-2-6-15(11)20(23)24)18-17(22)12-8-16(21)19(9-12)10-13-4-3-7-25-13/h2-7,12H,8-10H2,1H3,(H,18,22). The van der Waals surface area contributed by atoms with Gasteiger partial charge in [0.05, 0.1) is 34.9 Å².